The summed E-state index contributed by atoms with van der Waals surface area (Å²) < 4.78 is 0. The molecule has 0 saturated carbocycles. The molecule has 1 fully saturated rings. The monoisotopic (exact) mass is 309 g/mol. The van der Waals surface area contributed by atoms with E-state index in [1.807, 2.05) is 26.0 Å². The average Bonchev–Trinajstić information content (AvgIpc) is 2.80. The zero-order valence-corrected chi connectivity index (χ0v) is 13.0. The van der Waals surface area contributed by atoms with Crippen molar-refractivity contribution in [3.05, 3.63) is 29.3 Å². The lowest BCUT2D eigenvalue weighted by atomic mass is 10.2. The Morgan fingerprint density at radius 3 is 2.71 bits per heavy atom. The highest BCUT2D eigenvalue weighted by Crippen LogP contribution is 2.23. The highest BCUT2D eigenvalue weighted by Gasteiger charge is 2.31. The predicted octanol–water partition coefficient (Wildman–Crippen LogP) is 2.54. The van der Waals surface area contributed by atoms with Gasteiger partial charge in [-0.2, -0.15) is 0 Å². The molecule has 114 valence electrons. The molecule has 1 heterocycles. The number of hydrogen-bond donors (Lipinski definition) is 2. The largest absolute Gasteiger partial charge is 0.336 e. The molecule has 3 amide bonds. The normalized spacial score (nSPS) is 19.5. The van der Waals surface area contributed by atoms with Crippen LogP contribution in [-0.4, -0.2) is 30.6 Å². The zero-order chi connectivity index (χ0) is 15.4. The quantitative estimate of drug-likeness (QED) is 0.898. The number of amides is 3. The van der Waals surface area contributed by atoms with Crippen molar-refractivity contribution in [2.75, 3.05) is 11.4 Å². The number of nitrogens with zero attached hydrogens (tertiary/aromatic N) is 1. The molecule has 6 heteroatoms. The highest BCUT2D eigenvalue weighted by atomic mass is 35.5. The number of carbonyl (C=O) groups is 2. The summed E-state index contributed by atoms with van der Waals surface area (Å²) in [5, 5.41) is 6.32. The van der Waals surface area contributed by atoms with Gasteiger partial charge in [0.05, 0.1) is 6.04 Å². The summed E-state index contributed by atoms with van der Waals surface area (Å²) >= 11 is 5.85. The Balaban J connectivity index is 1.93. The SMILES string of the molecule is CC[C@H](C)NC(=O)N[C@H]1CC(=O)N(c2ccc(Cl)cc2)C1. The van der Waals surface area contributed by atoms with Crippen LogP contribution in [0.5, 0.6) is 0 Å². The van der Waals surface area contributed by atoms with Gasteiger partial charge in [0.1, 0.15) is 0 Å². The Bertz CT molecular complexity index is 518. The molecule has 1 aromatic rings. The number of anilines is 1. The molecule has 0 radical (unpaired) electrons. The van der Waals surface area contributed by atoms with E-state index in [1.165, 1.54) is 0 Å². The summed E-state index contributed by atoms with van der Waals surface area (Å²) in [5.41, 5.74) is 0.802. The van der Waals surface area contributed by atoms with Gasteiger partial charge < -0.3 is 15.5 Å². The van der Waals surface area contributed by atoms with Gasteiger partial charge in [-0.1, -0.05) is 18.5 Å². The van der Waals surface area contributed by atoms with Crippen molar-refractivity contribution in [1.82, 2.24) is 10.6 Å². The first-order valence-corrected chi connectivity index (χ1v) is 7.50. The van der Waals surface area contributed by atoms with Crippen LogP contribution in [-0.2, 0) is 4.79 Å². The number of rotatable bonds is 4. The summed E-state index contributed by atoms with van der Waals surface area (Å²) in [6.45, 7) is 4.43. The maximum Gasteiger partial charge on any atom is 0.315 e. The van der Waals surface area contributed by atoms with Crippen molar-refractivity contribution in [3.63, 3.8) is 0 Å². The summed E-state index contributed by atoms with van der Waals surface area (Å²) in [6.07, 6.45) is 1.18. The van der Waals surface area contributed by atoms with E-state index >= 15 is 0 Å². The van der Waals surface area contributed by atoms with Crippen LogP contribution < -0.4 is 15.5 Å². The number of halogens is 1. The van der Waals surface area contributed by atoms with Gasteiger partial charge in [0.25, 0.3) is 0 Å². The first kappa shape index (κ1) is 15.6. The lowest BCUT2D eigenvalue weighted by Gasteiger charge is -2.18. The van der Waals surface area contributed by atoms with Crippen molar-refractivity contribution in [2.24, 2.45) is 0 Å². The molecule has 0 unspecified atom stereocenters. The Morgan fingerprint density at radius 2 is 2.10 bits per heavy atom. The number of benzene rings is 1. The molecule has 2 atom stereocenters. The maximum atomic E-state index is 12.1. The van der Waals surface area contributed by atoms with Gasteiger partial charge in [-0.25, -0.2) is 4.79 Å². The summed E-state index contributed by atoms with van der Waals surface area (Å²) in [4.78, 5) is 25.5. The third kappa shape index (κ3) is 4.11. The molecular weight excluding hydrogens is 290 g/mol. The topological polar surface area (TPSA) is 61.4 Å². The van der Waals surface area contributed by atoms with E-state index in [0.29, 0.717) is 18.0 Å². The minimum absolute atomic E-state index is 0.00571. The van der Waals surface area contributed by atoms with E-state index in [4.69, 9.17) is 11.6 Å². The third-order valence-corrected chi connectivity index (χ3v) is 3.84. The van der Waals surface area contributed by atoms with Gasteiger partial charge in [0, 0.05) is 29.7 Å². The molecule has 21 heavy (non-hydrogen) atoms. The minimum Gasteiger partial charge on any atom is -0.336 e. The fourth-order valence-corrected chi connectivity index (χ4v) is 2.35. The number of nitrogens with one attached hydrogen (secondary N) is 2. The zero-order valence-electron chi connectivity index (χ0n) is 12.2. The van der Waals surface area contributed by atoms with Gasteiger partial charge in [0.15, 0.2) is 0 Å². The van der Waals surface area contributed by atoms with Crippen molar-refractivity contribution >= 4 is 29.2 Å². The second kappa shape index (κ2) is 6.80. The molecule has 0 bridgehead atoms. The highest BCUT2D eigenvalue weighted by molar-refractivity contribution is 6.30. The van der Waals surface area contributed by atoms with E-state index in [0.717, 1.165) is 12.1 Å². The Labute approximate surface area is 129 Å². The molecule has 1 aliphatic heterocycles. The predicted molar refractivity (Wildman–Crippen MR) is 83.6 cm³/mol. The van der Waals surface area contributed by atoms with Crippen LogP contribution in [0.25, 0.3) is 0 Å². The van der Waals surface area contributed by atoms with Crippen LogP contribution in [0.15, 0.2) is 24.3 Å². The molecular formula is C15H20ClN3O2. The van der Waals surface area contributed by atoms with Crippen molar-refractivity contribution < 1.29 is 9.59 Å². The lowest BCUT2D eigenvalue weighted by Crippen LogP contribution is -2.46. The number of urea groups is 1. The molecule has 2 rings (SSSR count). The van der Waals surface area contributed by atoms with Crippen LogP contribution in [0, 0.1) is 0 Å². The van der Waals surface area contributed by atoms with Crippen molar-refractivity contribution in [2.45, 2.75) is 38.8 Å². The summed E-state index contributed by atoms with van der Waals surface area (Å²) in [6, 6.07) is 6.84. The van der Waals surface area contributed by atoms with E-state index in [-0.39, 0.29) is 24.0 Å². The summed E-state index contributed by atoms with van der Waals surface area (Å²) in [5.74, 6) is 0.00571. The Morgan fingerprint density at radius 1 is 1.43 bits per heavy atom. The van der Waals surface area contributed by atoms with Gasteiger partial charge in [-0.15, -0.1) is 0 Å². The van der Waals surface area contributed by atoms with E-state index in [1.54, 1.807) is 17.0 Å². The van der Waals surface area contributed by atoms with E-state index in [9.17, 15) is 9.59 Å². The standard InChI is InChI=1S/C15H20ClN3O2/c1-3-10(2)17-15(21)18-12-8-14(20)19(9-12)13-6-4-11(16)5-7-13/h4-7,10,12H,3,8-9H2,1-2H3,(H2,17,18,21)/t10-,12-/m0/s1. The van der Waals surface area contributed by atoms with Crippen LogP contribution in [0.2, 0.25) is 5.02 Å². The van der Waals surface area contributed by atoms with E-state index < -0.39 is 0 Å². The minimum atomic E-state index is -0.222. The third-order valence-electron chi connectivity index (χ3n) is 3.59. The fraction of sp³-hybridized carbons (Fsp3) is 0.467. The molecule has 2 N–H and O–H groups in total. The molecule has 0 aromatic heterocycles. The van der Waals surface area contributed by atoms with Gasteiger partial charge in [0.2, 0.25) is 5.91 Å². The van der Waals surface area contributed by atoms with Gasteiger partial charge in [-0.05, 0) is 37.6 Å². The first-order chi connectivity index (χ1) is 9.99. The smallest absolute Gasteiger partial charge is 0.315 e. The first-order valence-electron chi connectivity index (χ1n) is 7.12. The second-order valence-electron chi connectivity index (χ2n) is 5.31. The molecule has 1 saturated heterocycles. The molecule has 0 spiro atoms. The van der Waals surface area contributed by atoms with Crippen LogP contribution >= 0.6 is 11.6 Å². The molecule has 1 aromatic carbocycles. The van der Waals surface area contributed by atoms with Crippen molar-refractivity contribution in [3.8, 4) is 0 Å². The number of carbonyl (C=O) groups excluding carboxylic acids is 2. The van der Waals surface area contributed by atoms with Crippen molar-refractivity contribution in [1.29, 1.82) is 0 Å². The van der Waals surface area contributed by atoms with Gasteiger partial charge >= 0.3 is 6.03 Å². The number of hydrogen-bond acceptors (Lipinski definition) is 2. The van der Waals surface area contributed by atoms with Crippen LogP contribution in [0.4, 0.5) is 10.5 Å². The summed E-state index contributed by atoms with van der Waals surface area (Å²) in [7, 11) is 0. The second-order valence-corrected chi connectivity index (χ2v) is 5.75. The van der Waals surface area contributed by atoms with Gasteiger partial charge in [-0.3, -0.25) is 4.79 Å². The molecule has 5 nitrogen and oxygen atoms in total. The molecule has 1 aliphatic rings. The van der Waals surface area contributed by atoms with Crippen LogP contribution in [0.3, 0.4) is 0 Å². The molecule has 0 aliphatic carbocycles. The fourth-order valence-electron chi connectivity index (χ4n) is 2.23. The average molecular weight is 310 g/mol. The Kier molecular flexibility index (Phi) is 5.07. The Hall–Kier alpha value is -1.75. The van der Waals surface area contributed by atoms with E-state index in [2.05, 4.69) is 10.6 Å². The maximum absolute atomic E-state index is 12.1. The lowest BCUT2D eigenvalue weighted by molar-refractivity contribution is -0.117. The van der Waals surface area contributed by atoms with Crippen LogP contribution in [0.1, 0.15) is 26.7 Å².